The number of halogens is 6. The van der Waals surface area contributed by atoms with Crippen molar-refractivity contribution in [1.82, 2.24) is 0 Å². The van der Waals surface area contributed by atoms with Gasteiger partial charge in [0.2, 0.25) is 0 Å². The third-order valence-electron chi connectivity index (χ3n) is 11.0. The van der Waals surface area contributed by atoms with Gasteiger partial charge in [0.05, 0.1) is 0 Å². The van der Waals surface area contributed by atoms with Crippen LogP contribution in [-0.4, -0.2) is 8.07 Å². The molecule has 1 saturated heterocycles. The van der Waals surface area contributed by atoms with E-state index in [-0.39, 0.29) is 0 Å². The van der Waals surface area contributed by atoms with Crippen LogP contribution in [0.2, 0.25) is 21.4 Å². The first-order valence-electron chi connectivity index (χ1n) is 15.8. The first-order valence-corrected chi connectivity index (χ1v) is 29.5. The Labute approximate surface area is 271 Å². The zero-order valence-corrected chi connectivity index (χ0v) is 30.7. The summed E-state index contributed by atoms with van der Waals surface area (Å²) in [5.41, 5.74) is 7.23. The molecule has 0 aromatic heterocycles. The Hall–Kier alpha value is -2.97. The van der Waals surface area contributed by atoms with Gasteiger partial charge < -0.3 is 0 Å². The standard InChI is InChI=1S/C36H28F6Si.2CH3.Hf/c1-3-43(4-2,29-19-25-7-5-9-31(33(25)21-29)23-11-15-27(16-12-23)35(37,38)39)30-20-26-8-6-10-32(34(26)22-30)24-13-17-28(18-14-24)36(40,41)42;;;/h5-22H,3-4H2,1-2H3;2*1H3;. The number of benzene rings is 4. The van der Waals surface area contributed by atoms with Crippen molar-refractivity contribution in [2.45, 2.75) is 55.0 Å². The molecule has 0 nitrogen and oxygen atoms in total. The Morgan fingerprint density at radius 3 is 1.26 bits per heavy atom. The molecule has 0 spiro atoms. The summed E-state index contributed by atoms with van der Waals surface area (Å²) in [5.74, 6) is 0. The molecule has 0 saturated carbocycles. The molecule has 7 rings (SSSR count). The zero-order valence-electron chi connectivity index (χ0n) is 26.1. The summed E-state index contributed by atoms with van der Waals surface area (Å²) in [4.78, 5) is 0. The quantitative estimate of drug-likeness (QED) is 0.142. The van der Waals surface area contributed by atoms with E-state index >= 15 is 0 Å². The molecule has 4 aromatic rings. The SMILES string of the molecule is CC[Si]1(CC)C2=Cc3c(-c4ccc(C(F)(F)F)cc4)cccc3[CH]2[Hf]([CH3])([CH3])[CH]2C1=Cc1c(-c3ccc(C(F)(F)F)cc3)cccc12. The molecule has 3 aliphatic rings. The van der Waals surface area contributed by atoms with Crippen LogP contribution in [0.4, 0.5) is 26.3 Å². The monoisotopic (exact) mass is 812 g/mol. The second-order valence-electron chi connectivity index (χ2n) is 13.4. The summed E-state index contributed by atoms with van der Waals surface area (Å²) in [6.07, 6.45) is -3.92. The fourth-order valence-corrected chi connectivity index (χ4v) is 40.7. The van der Waals surface area contributed by atoms with Crippen molar-refractivity contribution in [3.05, 3.63) is 129 Å². The third kappa shape index (κ3) is 4.64. The van der Waals surface area contributed by atoms with Gasteiger partial charge in [-0.1, -0.05) is 0 Å². The molecule has 8 heteroatoms. The molecule has 4 aromatic carbocycles. The Morgan fingerprint density at radius 2 is 0.935 bits per heavy atom. The number of rotatable bonds is 4. The van der Waals surface area contributed by atoms with Gasteiger partial charge in [0.15, 0.2) is 0 Å². The zero-order chi connectivity index (χ0) is 32.8. The van der Waals surface area contributed by atoms with Gasteiger partial charge >= 0.3 is 272 Å². The van der Waals surface area contributed by atoms with Gasteiger partial charge in [-0.2, -0.15) is 0 Å². The second-order valence-corrected chi connectivity index (χ2v) is 35.4. The van der Waals surface area contributed by atoms with Gasteiger partial charge in [-0.15, -0.1) is 0 Å². The molecule has 0 N–H and O–H groups in total. The van der Waals surface area contributed by atoms with Crippen molar-refractivity contribution in [3.63, 3.8) is 0 Å². The summed E-state index contributed by atoms with van der Waals surface area (Å²) in [5, 5.41) is 3.15. The molecule has 1 fully saturated rings. The van der Waals surface area contributed by atoms with E-state index in [0.717, 1.165) is 45.5 Å². The number of hydrogen-bond donors (Lipinski definition) is 0. The van der Waals surface area contributed by atoms with Crippen molar-refractivity contribution in [2.24, 2.45) is 0 Å². The van der Waals surface area contributed by atoms with Gasteiger partial charge in [-0.25, -0.2) is 0 Å². The molecular formula is C38H34F6HfSi. The maximum atomic E-state index is 13.3. The topological polar surface area (TPSA) is 0 Å². The van der Waals surface area contributed by atoms with Gasteiger partial charge in [0.1, 0.15) is 0 Å². The van der Waals surface area contributed by atoms with Crippen LogP contribution in [0, 0.1) is 0 Å². The van der Waals surface area contributed by atoms with E-state index in [9.17, 15) is 26.3 Å². The second kappa shape index (κ2) is 10.8. The number of allylic oxidation sites excluding steroid dienone is 2. The number of alkyl halides is 6. The van der Waals surface area contributed by atoms with Crippen LogP contribution in [0.1, 0.15) is 54.6 Å². The molecule has 1 heterocycles. The molecule has 46 heavy (non-hydrogen) atoms. The summed E-state index contributed by atoms with van der Waals surface area (Å²) < 4.78 is 85.9. The van der Waals surface area contributed by atoms with Crippen LogP contribution in [-0.2, 0) is 32.3 Å². The van der Waals surface area contributed by atoms with Gasteiger partial charge in [0, 0.05) is 0 Å². The van der Waals surface area contributed by atoms with Crippen molar-refractivity contribution in [1.29, 1.82) is 0 Å². The van der Waals surface area contributed by atoms with E-state index in [2.05, 4.69) is 59.6 Å². The predicted molar refractivity (Wildman–Crippen MR) is 174 cm³/mol. The fraction of sp³-hybridized carbons (Fsp3) is 0.263. The average Bonchev–Trinajstić information content (AvgIpc) is 3.62. The Kier molecular flexibility index (Phi) is 7.41. The van der Waals surface area contributed by atoms with Gasteiger partial charge in [-0.3, -0.25) is 0 Å². The molecule has 2 atom stereocenters. The first kappa shape index (κ1) is 31.6. The van der Waals surface area contributed by atoms with E-state index in [0.29, 0.717) is 7.35 Å². The van der Waals surface area contributed by atoms with Crippen LogP contribution in [0.5, 0.6) is 0 Å². The molecule has 236 valence electrons. The molecule has 1 aliphatic heterocycles. The first-order chi connectivity index (χ1) is 21.7. The van der Waals surface area contributed by atoms with Crippen LogP contribution in [0.15, 0.2) is 95.3 Å². The third-order valence-corrected chi connectivity index (χ3v) is 33.7. The van der Waals surface area contributed by atoms with Crippen LogP contribution in [0.3, 0.4) is 0 Å². The minimum absolute atomic E-state index is 0.367. The Balaban J connectivity index is 1.39. The van der Waals surface area contributed by atoms with Crippen molar-refractivity contribution in [2.75, 3.05) is 0 Å². The van der Waals surface area contributed by atoms with Crippen molar-refractivity contribution in [3.8, 4) is 22.3 Å². The number of hydrogen-bond acceptors (Lipinski definition) is 0. The van der Waals surface area contributed by atoms with Crippen molar-refractivity contribution >= 4 is 20.2 Å². The molecule has 0 radical (unpaired) electrons. The number of fused-ring (bicyclic) bond motifs is 6. The van der Waals surface area contributed by atoms with E-state index in [4.69, 9.17) is 0 Å². The average molecular weight is 811 g/mol. The van der Waals surface area contributed by atoms with Crippen LogP contribution < -0.4 is 0 Å². The summed E-state index contributed by atoms with van der Waals surface area (Å²) in [6, 6.07) is 25.8. The Morgan fingerprint density at radius 1 is 0.565 bits per heavy atom. The van der Waals surface area contributed by atoms with Crippen molar-refractivity contribution < 1.29 is 46.3 Å². The molecule has 2 unspecified atom stereocenters. The van der Waals surface area contributed by atoms with Gasteiger partial charge in [0.25, 0.3) is 0 Å². The maximum absolute atomic E-state index is 13.3. The molecular weight excluding hydrogens is 777 g/mol. The minimum atomic E-state index is -4.38. The molecule has 0 amide bonds. The normalized spacial score (nSPS) is 20.7. The summed E-state index contributed by atoms with van der Waals surface area (Å²) in [6.45, 7) is 4.61. The van der Waals surface area contributed by atoms with E-state index in [1.807, 2.05) is 12.1 Å². The van der Waals surface area contributed by atoms with Gasteiger partial charge in [-0.05, 0) is 0 Å². The Bertz CT molecular complexity index is 1770. The van der Waals surface area contributed by atoms with Crippen LogP contribution in [0.25, 0.3) is 34.4 Å². The summed E-state index contributed by atoms with van der Waals surface area (Å²) in [7, 11) is -2.21. The van der Waals surface area contributed by atoms with E-state index in [1.54, 1.807) is 34.7 Å². The predicted octanol–water partition coefficient (Wildman–Crippen LogP) is 12.5. The fourth-order valence-electron chi connectivity index (χ4n) is 8.82. The molecule has 0 bridgehead atoms. The van der Waals surface area contributed by atoms with E-state index in [1.165, 1.54) is 35.4 Å². The van der Waals surface area contributed by atoms with Crippen LogP contribution >= 0.6 is 0 Å². The summed E-state index contributed by atoms with van der Waals surface area (Å²) >= 11 is -3.36. The molecule has 2 aliphatic carbocycles. The van der Waals surface area contributed by atoms with E-state index < -0.39 is 51.5 Å².